The van der Waals surface area contributed by atoms with Gasteiger partial charge in [-0.1, -0.05) is 0 Å². The SMILES string of the molecule is O=C(CNc1cc(F)cc(F)c1)N1N=C(c2ccco2)C[C@H]1c1ccco1. The number of hydrogen-bond acceptors (Lipinski definition) is 5. The van der Waals surface area contributed by atoms with E-state index in [2.05, 4.69) is 10.4 Å². The minimum Gasteiger partial charge on any atom is -0.467 e. The van der Waals surface area contributed by atoms with Crippen LogP contribution in [0.15, 0.2) is 68.9 Å². The molecule has 0 bridgehead atoms. The molecule has 1 N–H and O–H groups in total. The normalized spacial score (nSPS) is 16.4. The lowest BCUT2D eigenvalue weighted by molar-refractivity contribution is -0.131. The Labute approximate surface area is 153 Å². The summed E-state index contributed by atoms with van der Waals surface area (Å²) < 4.78 is 37.4. The van der Waals surface area contributed by atoms with Gasteiger partial charge in [0.2, 0.25) is 0 Å². The van der Waals surface area contributed by atoms with Crippen molar-refractivity contribution >= 4 is 17.3 Å². The fourth-order valence-electron chi connectivity index (χ4n) is 2.95. The number of carbonyl (C=O) groups is 1. The first-order chi connectivity index (χ1) is 13.1. The van der Waals surface area contributed by atoms with Crippen LogP contribution in [0.3, 0.4) is 0 Å². The highest BCUT2D eigenvalue weighted by Gasteiger charge is 2.35. The van der Waals surface area contributed by atoms with E-state index in [-0.39, 0.29) is 18.1 Å². The van der Waals surface area contributed by atoms with Gasteiger partial charge < -0.3 is 14.2 Å². The van der Waals surface area contributed by atoms with Gasteiger partial charge in [-0.25, -0.2) is 13.8 Å². The number of rotatable bonds is 5. The fraction of sp³-hybridized carbons (Fsp3) is 0.158. The molecule has 0 spiro atoms. The minimum absolute atomic E-state index is 0.171. The fourth-order valence-corrected chi connectivity index (χ4v) is 2.95. The molecule has 0 saturated heterocycles. The first-order valence-electron chi connectivity index (χ1n) is 8.27. The third-order valence-electron chi connectivity index (χ3n) is 4.15. The molecule has 0 aliphatic carbocycles. The van der Waals surface area contributed by atoms with E-state index in [1.54, 1.807) is 24.3 Å². The molecule has 1 aromatic carbocycles. The molecule has 1 aliphatic rings. The quantitative estimate of drug-likeness (QED) is 0.737. The monoisotopic (exact) mass is 371 g/mol. The van der Waals surface area contributed by atoms with Crippen LogP contribution < -0.4 is 5.32 Å². The number of anilines is 1. The van der Waals surface area contributed by atoms with E-state index >= 15 is 0 Å². The van der Waals surface area contributed by atoms with Gasteiger partial charge in [-0.05, 0) is 36.4 Å². The Morgan fingerprint density at radius 1 is 1.15 bits per heavy atom. The van der Waals surface area contributed by atoms with Crippen LogP contribution in [0.5, 0.6) is 0 Å². The predicted molar refractivity (Wildman–Crippen MR) is 93.0 cm³/mol. The Hall–Kier alpha value is -3.42. The smallest absolute Gasteiger partial charge is 0.262 e. The molecule has 1 amide bonds. The van der Waals surface area contributed by atoms with Crippen LogP contribution in [-0.2, 0) is 4.79 Å². The van der Waals surface area contributed by atoms with Gasteiger partial charge >= 0.3 is 0 Å². The molecule has 0 saturated carbocycles. The average molecular weight is 371 g/mol. The number of nitrogens with zero attached hydrogens (tertiary/aromatic N) is 2. The van der Waals surface area contributed by atoms with Crippen molar-refractivity contribution in [2.75, 3.05) is 11.9 Å². The van der Waals surface area contributed by atoms with Crippen LogP contribution in [0.1, 0.15) is 24.0 Å². The minimum atomic E-state index is -0.724. The second-order valence-electron chi connectivity index (χ2n) is 6.01. The van der Waals surface area contributed by atoms with Gasteiger partial charge in [0.1, 0.15) is 34.9 Å². The molecule has 27 heavy (non-hydrogen) atoms. The van der Waals surface area contributed by atoms with Gasteiger partial charge in [0.15, 0.2) is 0 Å². The highest BCUT2D eigenvalue weighted by Crippen LogP contribution is 2.33. The lowest BCUT2D eigenvalue weighted by Crippen LogP contribution is -2.32. The maximum atomic E-state index is 13.3. The average Bonchev–Trinajstić information content (AvgIpc) is 3.39. The molecule has 0 unspecified atom stereocenters. The number of amides is 1. The first kappa shape index (κ1) is 17.0. The summed E-state index contributed by atoms with van der Waals surface area (Å²) in [7, 11) is 0. The summed E-state index contributed by atoms with van der Waals surface area (Å²) in [5.41, 5.74) is 0.788. The zero-order valence-corrected chi connectivity index (χ0v) is 14.1. The van der Waals surface area contributed by atoms with Gasteiger partial charge in [0.05, 0.1) is 19.1 Å². The second kappa shape index (κ2) is 7.06. The number of furan rings is 2. The Balaban J connectivity index is 1.53. The molecule has 138 valence electrons. The molecular formula is C19H15F2N3O3. The van der Waals surface area contributed by atoms with Crippen LogP contribution in [-0.4, -0.2) is 23.2 Å². The van der Waals surface area contributed by atoms with Gasteiger partial charge in [-0.3, -0.25) is 4.79 Å². The van der Waals surface area contributed by atoms with Crippen LogP contribution >= 0.6 is 0 Å². The van der Waals surface area contributed by atoms with Crippen molar-refractivity contribution in [2.45, 2.75) is 12.5 Å². The highest BCUT2D eigenvalue weighted by atomic mass is 19.1. The van der Waals surface area contributed by atoms with Gasteiger partial charge in [-0.2, -0.15) is 5.10 Å². The third kappa shape index (κ3) is 3.59. The van der Waals surface area contributed by atoms with Crippen molar-refractivity contribution in [1.82, 2.24) is 5.01 Å². The predicted octanol–water partition coefficient (Wildman–Crippen LogP) is 3.94. The molecule has 4 rings (SSSR count). The zero-order valence-electron chi connectivity index (χ0n) is 14.1. The summed E-state index contributed by atoms with van der Waals surface area (Å²) in [6, 6.07) is 9.57. The number of benzene rings is 1. The lowest BCUT2D eigenvalue weighted by Gasteiger charge is -2.20. The zero-order chi connectivity index (χ0) is 18.8. The van der Waals surface area contributed by atoms with Crippen LogP contribution in [0.25, 0.3) is 0 Å². The second-order valence-corrected chi connectivity index (χ2v) is 6.01. The van der Waals surface area contributed by atoms with Gasteiger partial charge in [-0.15, -0.1) is 0 Å². The number of hydrogen-bond donors (Lipinski definition) is 1. The van der Waals surface area contributed by atoms with Crippen molar-refractivity contribution < 1.29 is 22.4 Å². The van der Waals surface area contributed by atoms with Crippen LogP contribution in [0.2, 0.25) is 0 Å². The van der Waals surface area contributed by atoms with E-state index in [9.17, 15) is 13.6 Å². The van der Waals surface area contributed by atoms with E-state index in [0.717, 1.165) is 18.2 Å². The van der Waals surface area contributed by atoms with Gasteiger partial charge in [0.25, 0.3) is 5.91 Å². The van der Waals surface area contributed by atoms with E-state index < -0.39 is 17.7 Å². The standard InChI is InChI=1S/C19H15F2N3O3/c20-12-7-13(21)9-14(8-12)22-11-19(25)24-16(18-4-2-6-27-18)10-15(23-24)17-3-1-5-26-17/h1-9,16,22H,10-11H2/t16-/m0/s1. The highest BCUT2D eigenvalue weighted by molar-refractivity contribution is 6.01. The third-order valence-corrected chi connectivity index (χ3v) is 4.15. The lowest BCUT2D eigenvalue weighted by atomic mass is 10.1. The molecule has 8 heteroatoms. The summed E-state index contributed by atoms with van der Waals surface area (Å²) >= 11 is 0. The van der Waals surface area contributed by atoms with E-state index in [1.807, 2.05) is 0 Å². The maximum Gasteiger partial charge on any atom is 0.262 e. The summed E-state index contributed by atoms with van der Waals surface area (Å²) in [5, 5.41) is 8.40. The van der Waals surface area contributed by atoms with Gasteiger partial charge in [0, 0.05) is 18.2 Å². The summed E-state index contributed by atoms with van der Waals surface area (Å²) in [4.78, 5) is 12.7. The number of nitrogens with one attached hydrogen (secondary N) is 1. The number of halogens is 2. The molecule has 3 aromatic rings. The molecular weight excluding hydrogens is 356 g/mol. The number of hydrazone groups is 1. The Kier molecular flexibility index (Phi) is 4.45. The number of carbonyl (C=O) groups excluding carboxylic acids is 1. The Bertz CT molecular complexity index is 948. The molecule has 1 aliphatic heterocycles. The molecule has 3 heterocycles. The van der Waals surface area contributed by atoms with Crippen LogP contribution in [0, 0.1) is 11.6 Å². The van der Waals surface area contributed by atoms with Crippen LogP contribution in [0.4, 0.5) is 14.5 Å². The van der Waals surface area contributed by atoms with E-state index in [0.29, 0.717) is 23.7 Å². The van der Waals surface area contributed by atoms with E-state index in [4.69, 9.17) is 8.83 Å². The Morgan fingerprint density at radius 3 is 2.56 bits per heavy atom. The summed E-state index contributed by atoms with van der Waals surface area (Å²) in [6.45, 7) is -0.185. The van der Waals surface area contributed by atoms with Crippen molar-refractivity contribution in [3.63, 3.8) is 0 Å². The molecule has 0 radical (unpaired) electrons. The topological polar surface area (TPSA) is 71.0 Å². The summed E-state index contributed by atoms with van der Waals surface area (Å²) in [5.74, 6) is -0.662. The largest absolute Gasteiger partial charge is 0.467 e. The first-order valence-corrected chi connectivity index (χ1v) is 8.27. The van der Waals surface area contributed by atoms with Crippen molar-refractivity contribution in [2.24, 2.45) is 5.10 Å². The van der Waals surface area contributed by atoms with Crippen molar-refractivity contribution in [3.8, 4) is 0 Å². The van der Waals surface area contributed by atoms with Crippen molar-refractivity contribution in [1.29, 1.82) is 0 Å². The molecule has 0 fully saturated rings. The molecule has 6 nitrogen and oxygen atoms in total. The van der Waals surface area contributed by atoms with Crippen molar-refractivity contribution in [3.05, 3.63) is 78.1 Å². The maximum absolute atomic E-state index is 13.3. The molecule has 2 aromatic heterocycles. The molecule has 1 atom stereocenters. The summed E-state index contributed by atoms with van der Waals surface area (Å²) in [6.07, 6.45) is 3.49. The van der Waals surface area contributed by atoms with E-state index in [1.165, 1.54) is 17.5 Å². The Morgan fingerprint density at radius 2 is 1.89 bits per heavy atom.